The molecule has 0 unspecified atom stereocenters. The van der Waals surface area contributed by atoms with Gasteiger partial charge in [0.15, 0.2) is 0 Å². The number of fused-ring (bicyclic) bond motifs is 1. The summed E-state index contributed by atoms with van der Waals surface area (Å²) >= 11 is 23.0. The number of rotatable bonds is 3. The van der Waals surface area contributed by atoms with Crippen LogP contribution in [-0.4, -0.2) is 12.1 Å². The predicted octanol–water partition coefficient (Wildman–Crippen LogP) is 6.39. The van der Waals surface area contributed by atoms with Crippen LogP contribution < -0.4 is 5.43 Å². The van der Waals surface area contributed by atoms with E-state index in [-0.39, 0.29) is 0 Å². The monoisotopic (exact) mass is 460 g/mol. The Morgan fingerprint density at radius 3 is 2.75 bits per heavy atom. The smallest absolute Gasteiger partial charge is 0.266 e. The number of nitrogens with zero attached hydrogens (tertiary/aromatic N) is 1. The van der Waals surface area contributed by atoms with Gasteiger partial charge in [0.1, 0.15) is 4.88 Å². The summed E-state index contributed by atoms with van der Waals surface area (Å²) in [5.74, 6) is -0.403. The number of hydrogen-bond acceptors (Lipinski definition) is 3. The molecule has 0 saturated carbocycles. The number of carbonyl (C=O) groups is 1. The molecule has 0 saturated heterocycles. The standard InChI is InChI=1S/C16H8BrCl3N2OS/c17-9-3-1-2-8(4-9)7-21-22-16(23)15-14(20)13-11(19)5-10(18)6-12(13)24-15/h1-7H,(H,22,23)/b21-7+. The number of hydrogen-bond donors (Lipinski definition) is 1. The van der Waals surface area contributed by atoms with Crippen molar-refractivity contribution in [2.45, 2.75) is 0 Å². The van der Waals surface area contributed by atoms with Gasteiger partial charge in [-0.3, -0.25) is 4.79 Å². The molecule has 1 aromatic heterocycles. The number of hydrazone groups is 1. The Balaban J connectivity index is 1.84. The van der Waals surface area contributed by atoms with E-state index in [4.69, 9.17) is 34.8 Å². The third-order valence-electron chi connectivity index (χ3n) is 3.08. The fourth-order valence-electron chi connectivity index (χ4n) is 2.06. The maximum atomic E-state index is 12.3. The quantitative estimate of drug-likeness (QED) is 0.356. The molecule has 0 atom stereocenters. The fourth-order valence-corrected chi connectivity index (χ4v) is 4.75. The lowest BCUT2D eigenvalue weighted by molar-refractivity contribution is 0.0959. The van der Waals surface area contributed by atoms with Crippen LogP contribution in [-0.2, 0) is 0 Å². The van der Waals surface area contributed by atoms with Crippen molar-refractivity contribution in [2.24, 2.45) is 5.10 Å². The van der Waals surface area contributed by atoms with Crippen LogP contribution >= 0.6 is 62.1 Å². The van der Waals surface area contributed by atoms with Crippen molar-refractivity contribution in [3.63, 3.8) is 0 Å². The summed E-state index contributed by atoms with van der Waals surface area (Å²) in [6.45, 7) is 0. The van der Waals surface area contributed by atoms with Crippen molar-refractivity contribution >= 4 is 84.3 Å². The molecule has 122 valence electrons. The van der Waals surface area contributed by atoms with E-state index in [0.717, 1.165) is 14.7 Å². The normalized spacial score (nSPS) is 11.3. The van der Waals surface area contributed by atoms with Gasteiger partial charge in [0.25, 0.3) is 5.91 Å². The number of halogens is 4. The van der Waals surface area contributed by atoms with Crippen molar-refractivity contribution in [1.82, 2.24) is 5.43 Å². The van der Waals surface area contributed by atoms with E-state index in [9.17, 15) is 4.79 Å². The van der Waals surface area contributed by atoms with E-state index in [2.05, 4.69) is 26.5 Å². The topological polar surface area (TPSA) is 41.5 Å². The molecule has 3 nitrogen and oxygen atoms in total. The maximum absolute atomic E-state index is 12.3. The van der Waals surface area contributed by atoms with Gasteiger partial charge in [-0.25, -0.2) is 5.43 Å². The first-order valence-electron chi connectivity index (χ1n) is 6.61. The van der Waals surface area contributed by atoms with Crippen molar-refractivity contribution in [1.29, 1.82) is 0 Å². The Hall–Kier alpha value is -1.11. The van der Waals surface area contributed by atoms with Crippen LogP contribution in [0.1, 0.15) is 15.2 Å². The zero-order valence-corrected chi connectivity index (χ0v) is 16.5. The highest BCUT2D eigenvalue weighted by Crippen LogP contribution is 2.41. The third-order valence-corrected chi connectivity index (χ3v) is 5.72. The molecule has 1 N–H and O–H groups in total. The van der Waals surface area contributed by atoms with Crippen LogP contribution in [0.25, 0.3) is 10.1 Å². The molecular formula is C16H8BrCl3N2OS. The Morgan fingerprint density at radius 1 is 1.21 bits per heavy atom. The third kappa shape index (κ3) is 3.76. The van der Waals surface area contributed by atoms with Gasteiger partial charge in [-0.1, -0.05) is 62.9 Å². The summed E-state index contributed by atoms with van der Waals surface area (Å²) in [7, 11) is 0. The summed E-state index contributed by atoms with van der Waals surface area (Å²) < 4.78 is 1.68. The second-order valence-electron chi connectivity index (χ2n) is 4.76. The first-order chi connectivity index (χ1) is 11.5. The Kier molecular flexibility index (Phi) is 5.47. The highest BCUT2D eigenvalue weighted by atomic mass is 79.9. The van der Waals surface area contributed by atoms with Gasteiger partial charge in [0, 0.05) is 19.6 Å². The maximum Gasteiger partial charge on any atom is 0.283 e. The zero-order valence-electron chi connectivity index (χ0n) is 11.8. The molecule has 1 heterocycles. The summed E-state index contributed by atoms with van der Waals surface area (Å²) in [5, 5.41) is 5.77. The molecule has 0 aliphatic rings. The highest BCUT2D eigenvalue weighted by molar-refractivity contribution is 9.10. The summed E-state index contributed by atoms with van der Waals surface area (Å²) in [6.07, 6.45) is 1.55. The largest absolute Gasteiger partial charge is 0.283 e. The Bertz CT molecular complexity index is 971. The summed E-state index contributed by atoms with van der Waals surface area (Å²) in [4.78, 5) is 12.6. The lowest BCUT2D eigenvalue weighted by atomic mass is 10.2. The van der Waals surface area contributed by atoms with Crippen LogP contribution in [0.4, 0.5) is 0 Å². The van der Waals surface area contributed by atoms with Crippen molar-refractivity contribution in [2.75, 3.05) is 0 Å². The SMILES string of the molecule is O=C(N/N=C/c1cccc(Br)c1)c1sc2cc(Cl)cc(Cl)c2c1Cl. The summed E-state index contributed by atoms with van der Waals surface area (Å²) in [6, 6.07) is 10.8. The molecule has 8 heteroatoms. The molecule has 1 amide bonds. The number of benzene rings is 2. The van der Waals surface area contributed by atoms with Gasteiger partial charge in [-0.05, 0) is 29.8 Å². The Morgan fingerprint density at radius 2 is 2.00 bits per heavy atom. The van der Waals surface area contributed by atoms with Crippen LogP contribution in [0.5, 0.6) is 0 Å². The van der Waals surface area contributed by atoms with Crippen LogP contribution in [0.15, 0.2) is 46.0 Å². The van der Waals surface area contributed by atoms with Gasteiger partial charge in [0.2, 0.25) is 0 Å². The molecule has 0 aliphatic heterocycles. The van der Waals surface area contributed by atoms with E-state index in [1.54, 1.807) is 18.3 Å². The van der Waals surface area contributed by atoms with E-state index in [1.165, 1.54) is 11.3 Å². The second-order valence-corrected chi connectivity index (χ2v) is 7.95. The first-order valence-corrected chi connectivity index (χ1v) is 9.36. The summed E-state index contributed by atoms with van der Waals surface area (Å²) in [5.41, 5.74) is 3.32. The molecule has 3 aromatic rings. The number of thiophene rings is 1. The van der Waals surface area contributed by atoms with Crippen LogP contribution in [0, 0.1) is 0 Å². The van der Waals surface area contributed by atoms with Crippen molar-refractivity contribution in [3.8, 4) is 0 Å². The van der Waals surface area contributed by atoms with E-state index in [1.807, 2.05) is 24.3 Å². The predicted molar refractivity (Wildman–Crippen MR) is 106 cm³/mol. The second kappa shape index (κ2) is 7.42. The van der Waals surface area contributed by atoms with Crippen molar-refractivity contribution in [3.05, 3.63) is 66.4 Å². The minimum atomic E-state index is -0.403. The molecule has 0 aliphatic carbocycles. The van der Waals surface area contributed by atoms with Gasteiger partial charge >= 0.3 is 0 Å². The lowest BCUT2D eigenvalue weighted by Crippen LogP contribution is -2.16. The van der Waals surface area contributed by atoms with E-state index < -0.39 is 5.91 Å². The van der Waals surface area contributed by atoms with Crippen LogP contribution in [0.2, 0.25) is 15.1 Å². The minimum Gasteiger partial charge on any atom is -0.266 e. The first kappa shape index (κ1) is 17.7. The van der Waals surface area contributed by atoms with Crippen molar-refractivity contribution < 1.29 is 4.79 Å². The minimum absolute atomic E-state index is 0.298. The fraction of sp³-hybridized carbons (Fsp3) is 0. The zero-order chi connectivity index (χ0) is 17.3. The molecular weight excluding hydrogens is 455 g/mol. The molecule has 0 radical (unpaired) electrons. The van der Waals surface area contributed by atoms with Gasteiger partial charge in [0.05, 0.1) is 16.3 Å². The van der Waals surface area contributed by atoms with Gasteiger partial charge in [-0.15, -0.1) is 11.3 Å². The molecule has 0 spiro atoms. The van der Waals surface area contributed by atoms with E-state index in [0.29, 0.717) is 25.3 Å². The number of amides is 1. The number of carbonyl (C=O) groups excluding carboxylic acids is 1. The van der Waals surface area contributed by atoms with Gasteiger partial charge < -0.3 is 0 Å². The average Bonchev–Trinajstić information content (AvgIpc) is 2.84. The van der Waals surface area contributed by atoms with Crippen LogP contribution in [0.3, 0.4) is 0 Å². The molecule has 0 fully saturated rings. The van der Waals surface area contributed by atoms with Gasteiger partial charge in [-0.2, -0.15) is 5.10 Å². The molecule has 0 bridgehead atoms. The lowest BCUT2D eigenvalue weighted by Gasteiger charge is -1.98. The molecule has 3 rings (SSSR count). The highest BCUT2D eigenvalue weighted by Gasteiger charge is 2.19. The number of nitrogens with one attached hydrogen (secondary N) is 1. The molecule has 24 heavy (non-hydrogen) atoms. The van der Waals surface area contributed by atoms with E-state index >= 15 is 0 Å². The molecule has 2 aromatic carbocycles. The average molecular weight is 463 g/mol. The Labute approximate surface area is 165 Å².